The van der Waals surface area contributed by atoms with Gasteiger partial charge in [0.2, 0.25) is 0 Å². The average molecular weight is 272 g/mol. The third-order valence-electron chi connectivity index (χ3n) is 3.07. The van der Waals surface area contributed by atoms with E-state index in [0.29, 0.717) is 5.56 Å². The van der Waals surface area contributed by atoms with Crippen molar-refractivity contribution in [1.82, 2.24) is 0 Å². The fraction of sp³-hybridized carbons (Fsp3) is 0.500. The van der Waals surface area contributed by atoms with Gasteiger partial charge in [-0.3, -0.25) is 0 Å². The Hall–Kier alpha value is -1.49. The molecule has 3 nitrogen and oxygen atoms in total. The van der Waals surface area contributed by atoms with Crippen molar-refractivity contribution in [3.8, 4) is 0 Å². The van der Waals surface area contributed by atoms with Gasteiger partial charge in [-0.15, -0.1) is 0 Å². The first-order valence-electron chi connectivity index (χ1n) is 6.02. The first kappa shape index (κ1) is 15.6. The van der Waals surface area contributed by atoms with Gasteiger partial charge >= 0.3 is 11.9 Å². The summed E-state index contributed by atoms with van der Waals surface area (Å²) in [7, 11) is 0. The Labute approximate surface area is 111 Å². The molecule has 1 N–H and O–H groups in total. The number of rotatable bonds is 4. The van der Waals surface area contributed by atoms with Gasteiger partial charge in [0, 0.05) is 0 Å². The van der Waals surface area contributed by atoms with Crippen molar-refractivity contribution >= 4 is 5.97 Å². The van der Waals surface area contributed by atoms with Crippen LogP contribution >= 0.6 is 0 Å². The number of ether oxygens (including phenoxy) is 1. The molecule has 0 saturated heterocycles. The number of benzene rings is 1. The molecule has 0 aliphatic heterocycles. The molecule has 0 aliphatic carbocycles. The standard InChI is InChI=1S/C14H18F2O3/c1-5-19-13(18)14(15,16)12(17)11-7-9(3)8(2)6-10(11)4/h6-7,12,17H,5H2,1-4H3. The molecular weight excluding hydrogens is 254 g/mol. The molecule has 0 spiro atoms. The average Bonchev–Trinajstić information content (AvgIpc) is 2.33. The molecule has 0 aliphatic rings. The predicted molar refractivity (Wildman–Crippen MR) is 67.2 cm³/mol. The van der Waals surface area contributed by atoms with Gasteiger partial charge in [-0.25, -0.2) is 4.79 Å². The zero-order chi connectivity index (χ0) is 14.8. The Morgan fingerprint density at radius 3 is 2.32 bits per heavy atom. The molecule has 0 radical (unpaired) electrons. The number of carbonyl (C=O) groups is 1. The van der Waals surface area contributed by atoms with E-state index in [0.717, 1.165) is 11.1 Å². The van der Waals surface area contributed by atoms with Crippen molar-refractivity contribution in [2.24, 2.45) is 0 Å². The summed E-state index contributed by atoms with van der Waals surface area (Å²) in [6, 6.07) is 3.18. The Morgan fingerprint density at radius 1 is 1.26 bits per heavy atom. The summed E-state index contributed by atoms with van der Waals surface area (Å²) in [6.45, 7) is 6.50. The molecule has 1 rings (SSSR count). The summed E-state index contributed by atoms with van der Waals surface area (Å²) in [5, 5.41) is 9.79. The number of esters is 1. The van der Waals surface area contributed by atoms with E-state index >= 15 is 0 Å². The third kappa shape index (κ3) is 3.10. The van der Waals surface area contributed by atoms with Gasteiger partial charge in [0.05, 0.1) is 6.61 Å². The molecule has 19 heavy (non-hydrogen) atoms. The van der Waals surface area contributed by atoms with Gasteiger partial charge in [0.25, 0.3) is 0 Å². The quantitative estimate of drug-likeness (QED) is 0.857. The number of halogens is 2. The molecule has 0 bridgehead atoms. The maximum Gasteiger partial charge on any atom is 0.380 e. The molecule has 5 heteroatoms. The second kappa shape index (κ2) is 5.65. The highest BCUT2D eigenvalue weighted by molar-refractivity contribution is 5.78. The zero-order valence-electron chi connectivity index (χ0n) is 11.5. The fourth-order valence-corrected chi connectivity index (χ4v) is 1.81. The van der Waals surface area contributed by atoms with E-state index in [-0.39, 0.29) is 12.2 Å². The zero-order valence-corrected chi connectivity index (χ0v) is 11.5. The molecule has 1 aromatic rings. The first-order valence-corrected chi connectivity index (χ1v) is 6.02. The van der Waals surface area contributed by atoms with Crippen LogP contribution in [0.1, 0.15) is 35.3 Å². The highest BCUT2D eigenvalue weighted by atomic mass is 19.3. The summed E-state index contributed by atoms with van der Waals surface area (Å²) in [5.41, 5.74) is 2.27. The summed E-state index contributed by atoms with van der Waals surface area (Å²) in [6.07, 6.45) is -2.20. The Bertz CT molecular complexity index is 484. The first-order chi connectivity index (χ1) is 8.71. The fourth-order valence-electron chi connectivity index (χ4n) is 1.81. The van der Waals surface area contributed by atoms with Gasteiger partial charge in [-0.05, 0) is 49.9 Å². The van der Waals surface area contributed by atoms with E-state index in [1.807, 2.05) is 6.92 Å². The Kier molecular flexibility index (Phi) is 4.63. The smallest absolute Gasteiger partial charge is 0.380 e. The van der Waals surface area contributed by atoms with Gasteiger partial charge < -0.3 is 9.84 Å². The monoisotopic (exact) mass is 272 g/mol. The van der Waals surface area contributed by atoms with E-state index in [9.17, 15) is 18.7 Å². The van der Waals surface area contributed by atoms with Crippen molar-refractivity contribution in [2.45, 2.75) is 39.7 Å². The molecule has 1 unspecified atom stereocenters. The number of alkyl halides is 2. The van der Waals surface area contributed by atoms with Crippen molar-refractivity contribution in [1.29, 1.82) is 0 Å². The number of aryl methyl sites for hydroxylation is 3. The topological polar surface area (TPSA) is 46.5 Å². The molecule has 0 amide bonds. The maximum atomic E-state index is 13.8. The van der Waals surface area contributed by atoms with Crippen molar-refractivity contribution in [3.63, 3.8) is 0 Å². The van der Waals surface area contributed by atoms with Crippen LogP contribution in [0.25, 0.3) is 0 Å². The lowest BCUT2D eigenvalue weighted by molar-refractivity contribution is -0.189. The third-order valence-corrected chi connectivity index (χ3v) is 3.07. The van der Waals surface area contributed by atoms with E-state index in [1.165, 1.54) is 13.0 Å². The molecule has 0 saturated carbocycles. The minimum Gasteiger partial charge on any atom is -0.461 e. The van der Waals surface area contributed by atoms with Crippen molar-refractivity contribution in [2.75, 3.05) is 6.61 Å². The summed E-state index contributed by atoms with van der Waals surface area (Å²) in [5.74, 6) is -5.66. The van der Waals surface area contributed by atoms with Crippen LogP contribution in [0.2, 0.25) is 0 Å². The Balaban J connectivity index is 3.15. The van der Waals surface area contributed by atoms with Crippen molar-refractivity contribution < 1.29 is 23.4 Å². The van der Waals surface area contributed by atoms with E-state index < -0.39 is 18.0 Å². The number of aliphatic hydroxyl groups excluding tert-OH is 1. The highest BCUT2D eigenvalue weighted by Crippen LogP contribution is 2.35. The van der Waals surface area contributed by atoms with Gasteiger partial charge in [0.1, 0.15) is 0 Å². The number of aliphatic hydroxyl groups is 1. The van der Waals surface area contributed by atoms with Crippen LogP contribution in [-0.4, -0.2) is 23.6 Å². The number of carbonyl (C=O) groups excluding carboxylic acids is 1. The second-order valence-corrected chi connectivity index (χ2v) is 4.54. The van der Waals surface area contributed by atoms with Crippen LogP contribution in [0.5, 0.6) is 0 Å². The molecule has 106 valence electrons. The minimum absolute atomic E-state index is 0.0427. The minimum atomic E-state index is -3.96. The lowest BCUT2D eigenvalue weighted by atomic mass is 9.94. The molecule has 1 aromatic carbocycles. The van der Waals surface area contributed by atoms with E-state index in [4.69, 9.17) is 0 Å². The van der Waals surface area contributed by atoms with Crippen LogP contribution < -0.4 is 0 Å². The second-order valence-electron chi connectivity index (χ2n) is 4.54. The lowest BCUT2D eigenvalue weighted by Gasteiger charge is -2.23. The van der Waals surface area contributed by atoms with Crippen LogP contribution in [0.4, 0.5) is 8.78 Å². The largest absolute Gasteiger partial charge is 0.461 e. The normalized spacial score (nSPS) is 13.2. The van der Waals surface area contributed by atoms with Crippen LogP contribution in [-0.2, 0) is 9.53 Å². The molecule has 0 heterocycles. The molecule has 1 atom stereocenters. The van der Waals surface area contributed by atoms with Gasteiger partial charge in [-0.2, -0.15) is 8.78 Å². The van der Waals surface area contributed by atoms with Crippen LogP contribution in [0.15, 0.2) is 12.1 Å². The molecule has 0 fully saturated rings. The number of hydrogen-bond acceptors (Lipinski definition) is 3. The SMILES string of the molecule is CCOC(=O)C(F)(F)C(O)c1cc(C)c(C)cc1C. The summed E-state index contributed by atoms with van der Waals surface area (Å²) >= 11 is 0. The summed E-state index contributed by atoms with van der Waals surface area (Å²) in [4.78, 5) is 11.2. The van der Waals surface area contributed by atoms with Crippen LogP contribution in [0.3, 0.4) is 0 Å². The maximum absolute atomic E-state index is 13.8. The Morgan fingerprint density at radius 2 is 1.79 bits per heavy atom. The molecular formula is C14H18F2O3. The van der Waals surface area contributed by atoms with E-state index in [2.05, 4.69) is 4.74 Å². The van der Waals surface area contributed by atoms with Gasteiger partial charge in [-0.1, -0.05) is 12.1 Å². The summed E-state index contributed by atoms with van der Waals surface area (Å²) < 4.78 is 31.8. The van der Waals surface area contributed by atoms with Gasteiger partial charge in [0.15, 0.2) is 6.10 Å². The highest BCUT2D eigenvalue weighted by Gasteiger charge is 2.49. The van der Waals surface area contributed by atoms with E-state index in [1.54, 1.807) is 19.9 Å². The predicted octanol–water partition coefficient (Wildman–Crippen LogP) is 2.84. The van der Waals surface area contributed by atoms with Crippen molar-refractivity contribution in [3.05, 3.63) is 34.4 Å². The molecule has 0 aromatic heterocycles. The number of hydrogen-bond donors (Lipinski definition) is 1. The lowest BCUT2D eigenvalue weighted by Crippen LogP contribution is -2.37. The van der Waals surface area contributed by atoms with Crippen LogP contribution in [0, 0.1) is 20.8 Å².